The van der Waals surface area contributed by atoms with Crippen LogP contribution in [0.2, 0.25) is 0 Å². The maximum Gasteiger partial charge on any atom is 0.234 e. The minimum atomic E-state index is -0.346. The van der Waals surface area contributed by atoms with E-state index in [1.807, 2.05) is 42.8 Å². The van der Waals surface area contributed by atoms with E-state index in [2.05, 4.69) is 22.4 Å². The lowest BCUT2D eigenvalue weighted by molar-refractivity contribution is -0.113. The van der Waals surface area contributed by atoms with E-state index in [0.717, 1.165) is 12.2 Å². The minimum Gasteiger partial charge on any atom is -0.483 e. The number of rotatable bonds is 8. The van der Waals surface area contributed by atoms with Gasteiger partial charge in [-0.1, -0.05) is 30.8 Å². The summed E-state index contributed by atoms with van der Waals surface area (Å²) >= 11 is 1.27. The minimum absolute atomic E-state index is 0.164. The van der Waals surface area contributed by atoms with Gasteiger partial charge in [0, 0.05) is 12.7 Å². The molecular weight excluding hydrogens is 391 g/mol. The maximum atomic E-state index is 12.9. The number of nitrogens with zero attached hydrogens (tertiary/aromatic N) is 3. The SMILES string of the molecule is CCc1ccc(O[C@@H](C)c2nnc(SCC(=O)Nc3ccc(F)cc3)n2C)cc1. The predicted octanol–water partition coefficient (Wildman–Crippen LogP) is 4.39. The molecule has 0 saturated carbocycles. The van der Waals surface area contributed by atoms with Gasteiger partial charge < -0.3 is 14.6 Å². The zero-order chi connectivity index (χ0) is 20.8. The lowest BCUT2D eigenvalue weighted by Gasteiger charge is -2.14. The third-order valence-electron chi connectivity index (χ3n) is 4.34. The average Bonchev–Trinajstić information content (AvgIpc) is 3.09. The lowest BCUT2D eigenvalue weighted by Crippen LogP contribution is -2.14. The van der Waals surface area contributed by atoms with E-state index in [1.54, 1.807) is 0 Å². The number of carbonyl (C=O) groups excluding carboxylic acids is 1. The van der Waals surface area contributed by atoms with Gasteiger partial charge in [0.25, 0.3) is 0 Å². The van der Waals surface area contributed by atoms with Gasteiger partial charge in [-0.25, -0.2) is 4.39 Å². The first kappa shape index (κ1) is 20.9. The van der Waals surface area contributed by atoms with Crippen molar-refractivity contribution < 1.29 is 13.9 Å². The van der Waals surface area contributed by atoms with E-state index in [0.29, 0.717) is 16.7 Å². The molecule has 1 heterocycles. The highest BCUT2D eigenvalue weighted by atomic mass is 32.2. The molecule has 1 amide bonds. The molecule has 6 nitrogen and oxygen atoms in total. The number of benzene rings is 2. The van der Waals surface area contributed by atoms with Crippen molar-refractivity contribution in [3.63, 3.8) is 0 Å². The van der Waals surface area contributed by atoms with E-state index < -0.39 is 0 Å². The first-order chi connectivity index (χ1) is 14.0. The number of carbonyl (C=O) groups is 1. The molecule has 1 atom stereocenters. The van der Waals surface area contributed by atoms with Crippen LogP contribution in [0.1, 0.15) is 31.3 Å². The van der Waals surface area contributed by atoms with Gasteiger partial charge in [0.15, 0.2) is 17.1 Å². The zero-order valence-corrected chi connectivity index (χ0v) is 17.4. The number of hydrogen-bond donors (Lipinski definition) is 1. The summed E-state index contributed by atoms with van der Waals surface area (Å²) < 4.78 is 20.7. The Balaban J connectivity index is 1.56. The Morgan fingerprint density at radius 3 is 2.52 bits per heavy atom. The van der Waals surface area contributed by atoms with Crippen LogP contribution in [0.3, 0.4) is 0 Å². The van der Waals surface area contributed by atoms with Gasteiger partial charge in [-0.05, 0) is 55.3 Å². The van der Waals surface area contributed by atoms with Crippen LogP contribution in [-0.4, -0.2) is 26.4 Å². The monoisotopic (exact) mass is 414 g/mol. The van der Waals surface area contributed by atoms with Gasteiger partial charge in [0.1, 0.15) is 11.6 Å². The largest absolute Gasteiger partial charge is 0.483 e. The summed E-state index contributed by atoms with van der Waals surface area (Å²) in [5, 5.41) is 11.7. The summed E-state index contributed by atoms with van der Waals surface area (Å²) in [6, 6.07) is 13.6. The number of anilines is 1. The van der Waals surface area contributed by atoms with Crippen molar-refractivity contribution in [1.29, 1.82) is 0 Å². The molecule has 3 aromatic rings. The first-order valence-electron chi connectivity index (χ1n) is 9.29. The molecule has 1 aromatic heterocycles. The fourth-order valence-electron chi connectivity index (χ4n) is 2.73. The van der Waals surface area contributed by atoms with Gasteiger partial charge in [-0.2, -0.15) is 0 Å². The molecule has 0 bridgehead atoms. The Bertz CT molecular complexity index is 958. The molecule has 29 heavy (non-hydrogen) atoms. The molecule has 0 unspecified atom stereocenters. The second-order valence-corrected chi connectivity index (χ2v) is 7.44. The Labute approximate surface area is 173 Å². The second kappa shape index (κ2) is 9.56. The van der Waals surface area contributed by atoms with Crippen LogP contribution in [0.5, 0.6) is 5.75 Å². The van der Waals surface area contributed by atoms with Crippen LogP contribution in [-0.2, 0) is 18.3 Å². The fraction of sp³-hybridized carbons (Fsp3) is 0.286. The predicted molar refractivity (Wildman–Crippen MR) is 112 cm³/mol. The van der Waals surface area contributed by atoms with E-state index in [9.17, 15) is 9.18 Å². The number of aryl methyl sites for hydroxylation is 1. The Hall–Kier alpha value is -2.87. The molecule has 0 radical (unpaired) electrons. The number of ether oxygens (including phenoxy) is 1. The molecule has 1 N–H and O–H groups in total. The molecule has 0 spiro atoms. The van der Waals surface area contributed by atoms with Crippen molar-refractivity contribution in [3.8, 4) is 5.75 Å². The van der Waals surface area contributed by atoms with E-state index in [1.165, 1.54) is 41.6 Å². The number of hydrogen-bond acceptors (Lipinski definition) is 5. The topological polar surface area (TPSA) is 69.0 Å². The summed E-state index contributed by atoms with van der Waals surface area (Å²) in [6.45, 7) is 4.02. The number of nitrogens with one attached hydrogen (secondary N) is 1. The van der Waals surface area contributed by atoms with Gasteiger partial charge in [-0.3, -0.25) is 4.79 Å². The molecule has 8 heteroatoms. The molecule has 152 valence electrons. The molecule has 2 aromatic carbocycles. The number of aromatic nitrogens is 3. The normalized spacial score (nSPS) is 11.9. The Kier molecular flexibility index (Phi) is 6.87. The highest BCUT2D eigenvalue weighted by Crippen LogP contribution is 2.24. The molecule has 0 fully saturated rings. The average molecular weight is 415 g/mol. The molecule has 0 aliphatic heterocycles. The maximum absolute atomic E-state index is 12.9. The van der Waals surface area contributed by atoms with Gasteiger partial charge >= 0.3 is 0 Å². The van der Waals surface area contributed by atoms with Crippen molar-refractivity contribution >= 4 is 23.4 Å². The van der Waals surface area contributed by atoms with Crippen LogP contribution in [0.15, 0.2) is 53.7 Å². The van der Waals surface area contributed by atoms with Crippen LogP contribution in [0.4, 0.5) is 10.1 Å². The molecule has 0 aliphatic carbocycles. The standard InChI is InChI=1S/C21H23FN4O2S/c1-4-15-5-11-18(12-6-15)28-14(2)20-24-25-21(26(20)3)29-13-19(27)23-17-9-7-16(22)8-10-17/h5-12,14H,4,13H2,1-3H3,(H,23,27)/t14-/m0/s1. The first-order valence-corrected chi connectivity index (χ1v) is 10.3. The van der Waals surface area contributed by atoms with Crippen LogP contribution in [0.25, 0.3) is 0 Å². The van der Waals surface area contributed by atoms with E-state index in [4.69, 9.17) is 4.74 Å². The van der Waals surface area contributed by atoms with Gasteiger partial charge in [-0.15, -0.1) is 10.2 Å². The molecule has 0 saturated heterocycles. The number of halogens is 1. The summed E-state index contributed by atoms with van der Waals surface area (Å²) in [7, 11) is 1.84. The lowest BCUT2D eigenvalue weighted by atomic mass is 10.2. The van der Waals surface area contributed by atoms with E-state index in [-0.39, 0.29) is 23.6 Å². The van der Waals surface area contributed by atoms with E-state index >= 15 is 0 Å². The van der Waals surface area contributed by atoms with Crippen LogP contribution >= 0.6 is 11.8 Å². The van der Waals surface area contributed by atoms with Crippen molar-refractivity contribution in [2.75, 3.05) is 11.1 Å². The van der Waals surface area contributed by atoms with Crippen molar-refractivity contribution in [2.45, 2.75) is 31.5 Å². The summed E-state index contributed by atoms with van der Waals surface area (Å²) in [5.41, 5.74) is 1.80. The van der Waals surface area contributed by atoms with Crippen LogP contribution < -0.4 is 10.1 Å². The van der Waals surface area contributed by atoms with Crippen molar-refractivity contribution in [3.05, 3.63) is 65.7 Å². The highest BCUT2D eigenvalue weighted by molar-refractivity contribution is 7.99. The molecule has 0 aliphatic rings. The second-order valence-electron chi connectivity index (χ2n) is 6.50. The van der Waals surface area contributed by atoms with Crippen LogP contribution in [0, 0.1) is 5.82 Å². The highest BCUT2D eigenvalue weighted by Gasteiger charge is 2.18. The summed E-state index contributed by atoms with van der Waals surface area (Å²) in [6.07, 6.45) is 0.691. The third kappa shape index (κ3) is 5.57. The van der Waals surface area contributed by atoms with Crippen molar-refractivity contribution in [2.24, 2.45) is 7.05 Å². The molecular formula is C21H23FN4O2S. The number of amides is 1. The number of thioether (sulfide) groups is 1. The summed E-state index contributed by atoms with van der Waals surface area (Å²) in [4.78, 5) is 12.1. The van der Waals surface area contributed by atoms with Crippen molar-refractivity contribution in [1.82, 2.24) is 14.8 Å². The molecule has 3 rings (SSSR count). The Morgan fingerprint density at radius 2 is 1.86 bits per heavy atom. The van der Waals surface area contributed by atoms with Gasteiger partial charge in [0.2, 0.25) is 5.91 Å². The third-order valence-corrected chi connectivity index (χ3v) is 5.36. The quantitative estimate of drug-likeness (QED) is 0.554. The fourth-order valence-corrected chi connectivity index (χ4v) is 3.44. The summed E-state index contributed by atoms with van der Waals surface area (Å²) in [5.74, 6) is 1.06. The Morgan fingerprint density at radius 1 is 1.17 bits per heavy atom. The smallest absolute Gasteiger partial charge is 0.234 e. The van der Waals surface area contributed by atoms with Gasteiger partial charge in [0.05, 0.1) is 5.75 Å². The zero-order valence-electron chi connectivity index (χ0n) is 16.6.